The molecule has 0 aromatic heterocycles. The molecular weight excluding hydrogens is 280 g/mol. The van der Waals surface area contributed by atoms with Gasteiger partial charge in [-0.15, -0.1) is 6.58 Å². The number of esters is 2. The molecule has 4 heteroatoms. The Kier molecular flexibility index (Phi) is 3.39. The Morgan fingerprint density at radius 2 is 2.09 bits per heavy atom. The molecule has 1 aromatic carbocycles. The standard InChI is InChI=1S/C18H18O4/c1-4-12-10-11-6-5-7-13-14(16(19)21-2)8-9-18(12,15(11)13)17(20)22-3/h4-9,12,14H,1,10H2,2-3H3/t12-,14+,18+/m0/s1. The Labute approximate surface area is 129 Å². The molecule has 3 atom stereocenters. The number of benzene rings is 1. The molecule has 0 N–H and O–H groups in total. The van der Waals surface area contributed by atoms with Crippen molar-refractivity contribution in [2.24, 2.45) is 5.92 Å². The normalized spacial score (nSPS) is 27.9. The first kappa shape index (κ1) is 14.6. The molecule has 0 aliphatic heterocycles. The second kappa shape index (κ2) is 5.13. The Morgan fingerprint density at radius 1 is 1.32 bits per heavy atom. The third kappa shape index (κ3) is 1.70. The number of ether oxygens (including phenoxy) is 2. The van der Waals surface area contributed by atoms with E-state index in [0.717, 1.165) is 16.7 Å². The topological polar surface area (TPSA) is 52.6 Å². The number of hydrogen-bond acceptors (Lipinski definition) is 4. The summed E-state index contributed by atoms with van der Waals surface area (Å²) in [5, 5.41) is 0. The maximum Gasteiger partial charge on any atom is 0.320 e. The van der Waals surface area contributed by atoms with E-state index in [1.165, 1.54) is 14.2 Å². The molecule has 0 fully saturated rings. The molecule has 3 rings (SSSR count). The molecule has 0 bridgehead atoms. The van der Waals surface area contributed by atoms with Crippen LogP contribution in [0.4, 0.5) is 0 Å². The van der Waals surface area contributed by atoms with Crippen LogP contribution in [0.3, 0.4) is 0 Å². The number of rotatable bonds is 3. The summed E-state index contributed by atoms with van der Waals surface area (Å²) < 4.78 is 9.96. The Balaban J connectivity index is 2.27. The third-order valence-corrected chi connectivity index (χ3v) is 4.77. The lowest BCUT2D eigenvalue weighted by atomic mass is 9.68. The molecule has 1 aromatic rings. The van der Waals surface area contributed by atoms with E-state index in [1.807, 2.05) is 18.2 Å². The summed E-state index contributed by atoms with van der Waals surface area (Å²) in [5.74, 6) is -1.21. The van der Waals surface area contributed by atoms with E-state index in [4.69, 9.17) is 9.47 Å². The fourth-order valence-electron chi connectivity index (χ4n) is 3.79. The van der Waals surface area contributed by atoms with E-state index >= 15 is 0 Å². The maximum absolute atomic E-state index is 12.6. The molecule has 4 nitrogen and oxygen atoms in total. The van der Waals surface area contributed by atoms with Gasteiger partial charge in [-0.05, 0) is 23.1 Å². The minimum atomic E-state index is -0.882. The van der Waals surface area contributed by atoms with E-state index < -0.39 is 11.3 Å². The van der Waals surface area contributed by atoms with Gasteiger partial charge in [0.05, 0.1) is 14.2 Å². The van der Waals surface area contributed by atoms with Crippen molar-refractivity contribution in [1.82, 2.24) is 0 Å². The summed E-state index contributed by atoms with van der Waals surface area (Å²) in [7, 11) is 2.76. The average molecular weight is 298 g/mol. The first-order valence-corrected chi connectivity index (χ1v) is 7.20. The van der Waals surface area contributed by atoms with E-state index in [9.17, 15) is 9.59 Å². The lowest BCUT2D eigenvalue weighted by molar-refractivity contribution is -0.147. The second-order valence-corrected chi connectivity index (χ2v) is 5.65. The number of allylic oxidation sites excluding steroid dienone is 1. The van der Waals surface area contributed by atoms with Gasteiger partial charge in [-0.2, -0.15) is 0 Å². The molecule has 2 aliphatic carbocycles. The second-order valence-electron chi connectivity index (χ2n) is 5.65. The van der Waals surface area contributed by atoms with Gasteiger partial charge in [0.15, 0.2) is 0 Å². The van der Waals surface area contributed by atoms with Crippen LogP contribution in [-0.2, 0) is 30.9 Å². The van der Waals surface area contributed by atoms with Crippen molar-refractivity contribution in [1.29, 1.82) is 0 Å². The number of carbonyl (C=O) groups is 2. The van der Waals surface area contributed by atoms with Crippen LogP contribution in [0.15, 0.2) is 43.0 Å². The molecule has 114 valence electrons. The van der Waals surface area contributed by atoms with Gasteiger partial charge in [0.1, 0.15) is 11.3 Å². The van der Waals surface area contributed by atoms with Crippen LogP contribution >= 0.6 is 0 Å². The number of hydrogen-bond donors (Lipinski definition) is 0. The number of carbonyl (C=O) groups excluding carboxylic acids is 2. The van der Waals surface area contributed by atoms with Gasteiger partial charge in [0.25, 0.3) is 0 Å². The number of methoxy groups -OCH3 is 2. The van der Waals surface area contributed by atoms with Crippen molar-refractivity contribution < 1.29 is 19.1 Å². The largest absolute Gasteiger partial charge is 0.468 e. The summed E-state index contributed by atoms with van der Waals surface area (Å²) >= 11 is 0. The van der Waals surface area contributed by atoms with Crippen molar-refractivity contribution in [2.45, 2.75) is 17.8 Å². The summed E-state index contributed by atoms with van der Waals surface area (Å²) in [6.45, 7) is 3.88. The SMILES string of the molecule is C=C[C@H]1Cc2cccc3c2[C@@]1(C(=O)OC)C=C[C@H]3C(=O)OC. The van der Waals surface area contributed by atoms with Gasteiger partial charge in [-0.3, -0.25) is 9.59 Å². The monoisotopic (exact) mass is 298 g/mol. The summed E-state index contributed by atoms with van der Waals surface area (Å²) in [6, 6.07) is 5.79. The van der Waals surface area contributed by atoms with Gasteiger partial charge < -0.3 is 9.47 Å². The van der Waals surface area contributed by atoms with Crippen LogP contribution in [0, 0.1) is 5.92 Å². The molecular formula is C18H18O4. The smallest absolute Gasteiger partial charge is 0.320 e. The molecule has 0 saturated heterocycles. The van der Waals surface area contributed by atoms with Gasteiger partial charge in [-0.1, -0.05) is 36.4 Å². The van der Waals surface area contributed by atoms with Crippen LogP contribution < -0.4 is 0 Å². The molecule has 0 saturated carbocycles. The quantitative estimate of drug-likeness (QED) is 0.634. The Morgan fingerprint density at radius 3 is 2.73 bits per heavy atom. The molecule has 22 heavy (non-hydrogen) atoms. The Bertz CT molecular complexity index is 688. The maximum atomic E-state index is 12.6. The molecule has 0 radical (unpaired) electrons. The predicted octanol–water partition coefficient (Wildman–Crippen LogP) is 2.28. The highest BCUT2D eigenvalue weighted by molar-refractivity contribution is 5.93. The fourth-order valence-corrected chi connectivity index (χ4v) is 3.79. The van der Waals surface area contributed by atoms with Gasteiger partial charge in [0, 0.05) is 5.92 Å². The van der Waals surface area contributed by atoms with Crippen LogP contribution in [0.2, 0.25) is 0 Å². The van der Waals surface area contributed by atoms with Crippen molar-refractivity contribution in [3.05, 3.63) is 59.7 Å². The summed E-state index contributed by atoms with van der Waals surface area (Å²) in [4.78, 5) is 24.6. The average Bonchev–Trinajstić information content (AvgIpc) is 2.90. The highest BCUT2D eigenvalue weighted by atomic mass is 16.5. The van der Waals surface area contributed by atoms with Gasteiger partial charge >= 0.3 is 11.9 Å². The zero-order chi connectivity index (χ0) is 15.9. The zero-order valence-electron chi connectivity index (χ0n) is 12.7. The van der Waals surface area contributed by atoms with E-state index in [2.05, 4.69) is 6.58 Å². The van der Waals surface area contributed by atoms with Crippen LogP contribution in [0.1, 0.15) is 22.6 Å². The lowest BCUT2D eigenvalue weighted by Gasteiger charge is -2.34. The highest BCUT2D eigenvalue weighted by Crippen LogP contribution is 2.52. The first-order valence-electron chi connectivity index (χ1n) is 7.20. The third-order valence-electron chi connectivity index (χ3n) is 4.77. The minimum Gasteiger partial charge on any atom is -0.468 e. The molecule has 0 spiro atoms. The van der Waals surface area contributed by atoms with Crippen molar-refractivity contribution in [3.63, 3.8) is 0 Å². The highest BCUT2D eigenvalue weighted by Gasteiger charge is 2.54. The van der Waals surface area contributed by atoms with Crippen molar-refractivity contribution in [2.75, 3.05) is 14.2 Å². The predicted molar refractivity (Wildman–Crippen MR) is 81.4 cm³/mol. The van der Waals surface area contributed by atoms with Crippen LogP contribution in [0.25, 0.3) is 0 Å². The van der Waals surface area contributed by atoms with Gasteiger partial charge in [-0.25, -0.2) is 0 Å². The van der Waals surface area contributed by atoms with E-state index in [0.29, 0.717) is 6.42 Å². The lowest BCUT2D eigenvalue weighted by Crippen LogP contribution is -2.41. The zero-order valence-corrected chi connectivity index (χ0v) is 12.7. The van der Waals surface area contributed by atoms with Crippen molar-refractivity contribution >= 4 is 11.9 Å². The first-order chi connectivity index (χ1) is 10.6. The molecule has 0 heterocycles. The summed E-state index contributed by atoms with van der Waals surface area (Å²) in [6.07, 6.45) is 6.05. The van der Waals surface area contributed by atoms with Crippen LogP contribution in [0.5, 0.6) is 0 Å². The Hall–Kier alpha value is -2.36. The van der Waals surface area contributed by atoms with Gasteiger partial charge in [0.2, 0.25) is 0 Å². The molecule has 2 aliphatic rings. The van der Waals surface area contributed by atoms with Crippen LogP contribution in [-0.4, -0.2) is 26.2 Å². The van der Waals surface area contributed by atoms with E-state index in [-0.39, 0.29) is 17.9 Å². The summed E-state index contributed by atoms with van der Waals surface area (Å²) in [5.41, 5.74) is 1.88. The molecule has 0 amide bonds. The van der Waals surface area contributed by atoms with Crippen molar-refractivity contribution in [3.8, 4) is 0 Å². The molecule has 0 unspecified atom stereocenters. The fraction of sp³-hybridized carbons (Fsp3) is 0.333. The van der Waals surface area contributed by atoms with E-state index in [1.54, 1.807) is 18.2 Å². The minimum absolute atomic E-state index is 0.0778.